The maximum Gasteiger partial charge on any atom is 0.424 e. The zero-order valence-corrected chi connectivity index (χ0v) is 61.7. The number of likely N-dealkylation sites (N-methyl/N-ethyl adjacent to an activating group) is 1. The van der Waals surface area contributed by atoms with Gasteiger partial charge in [-0.1, -0.05) is 109 Å². The predicted octanol–water partition coefficient (Wildman–Crippen LogP) is 9.25. The Morgan fingerprint density at radius 1 is 0.673 bits per heavy atom. The number of nitrogens with one attached hydrogen (secondary N) is 4. The van der Waals surface area contributed by atoms with Crippen LogP contribution in [0.1, 0.15) is 104 Å². The summed E-state index contributed by atoms with van der Waals surface area (Å²) in [6.45, 7) is 2.25. The molecule has 1 aromatic heterocycles. The molecule has 10 rings (SSSR count). The van der Waals surface area contributed by atoms with E-state index in [2.05, 4.69) is 31.0 Å². The van der Waals surface area contributed by atoms with Crippen LogP contribution in [0.25, 0.3) is 10.8 Å². The molecule has 1 fully saturated rings. The Morgan fingerprint density at radius 3 is 1.84 bits per heavy atom. The van der Waals surface area contributed by atoms with E-state index < -0.39 is 83.9 Å². The molecule has 107 heavy (non-hydrogen) atoms. The first-order valence-electron chi connectivity index (χ1n) is 32.6. The van der Waals surface area contributed by atoms with Crippen molar-refractivity contribution in [3.05, 3.63) is 213 Å². The smallest absolute Gasteiger partial charge is 0.424 e. The largest absolute Gasteiger partial charge is 0.480 e. The molecule has 0 aliphatic carbocycles. The second-order valence-electron chi connectivity index (χ2n) is 22.9. The zero-order chi connectivity index (χ0) is 75.2. The SMILES string of the molecule is CCOC(=O)N1C(=O)c2ccccc2C1=O.CN(C(=O)NCc1cccc(F)c1Cl)[C@@H](CCCNC(=O)CN)COC(=O)Nc1cc2cc(F)ccc2cn1.NCCC[C@H](NC(=O)OCc1ccccc1)C(=O)O.O=C1OCN(C(=O)OCc2ccccc2)[C@H]1CCCN1C(=O)c2ccccc2C1=O.S.S.S. The second kappa shape index (κ2) is 44.8. The number of carboxylic acid groups (broad SMARTS) is 1. The minimum Gasteiger partial charge on any atom is -0.480 e. The number of carbonyl (C=O) groups excluding carboxylic acids is 11. The van der Waals surface area contributed by atoms with Crippen LogP contribution in [0, 0.1) is 11.6 Å². The van der Waals surface area contributed by atoms with E-state index in [4.69, 9.17) is 47.1 Å². The number of alkyl carbamates (subject to hydrolysis) is 1. The van der Waals surface area contributed by atoms with E-state index in [1.165, 1.54) is 70.4 Å². The average molecular weight is 1560 g/mol. The average Bonchev–Trinajstić information content (AvgIpc) is 1.64. The monoisotopic (exact) mass is 1560 g/mol. The van der Waals surface area contributed by atoms with E-state index in [0.29, 0.717) is 71.1 Å². The molecule has 0 saturated carbocycles. The van der Waals surface area contributed by atoms with Crippen molar-refractivity contribution in [1.82, 2.24) is 40.5 Å². The molecule has 9 N–H and O–H groups in total. The Bertz CT molecular complexity index is 4170. The van der Waals surface area contributed by atoms with Crippen LogP contribution in [0.15, 0.2) is 158 Å². The summed E-state index contributed by atoms with van der Waals surface area (Å²) >= 11 is 5.96. The Kier molecular flexibility index (Phi) is 37.0. The van der Waals surface area contributed by atoms with Crippen LogP contribution in [0.3, 0.4) is 0 Å². The van der Waals surface area contributed by atoms with Crippen LogP contribution in [0.4, 0.5) is 38.6 Å². The summed E-state index contributed by atoms with van der Waals surface area (Å²) in [5.41, 5.74) is 13.9. The molecule has 3 aliphatic heterocycles. The van der Waals surface area contributed by atoms with Crippen molar-refractivity contribution in [1.29, 1.82) is 0 Å². The summed E-state index contributed by atoms with van der Waals surface area (Å²) in [7, 11) is 1.52. The number of anilines is 1. The fraction of sp³-hybridized carbons (Fsp3) is 0.292. The standard InChI is InChI=1S/C26H29ClF2N6O4.C22H20N2O6.C13H18N2O4.C11H9NO4.3H2S/c1-35(25(37)33-14-17-4-2-6-21(29)24(17)27)20(5-3-9-31-23(36)12-30)15-39-26(38)34-22-11-18-10-19(28)8-7-16(18)13-32-22;25-19-16-9-4-5-10-17(16)20(26)23(19)12-6-11-18-21(27)30-14-24(18)22(28)29-13-15-7-2-1-3-8-15;14-8-4-7-11(12(16)17)15-13(18)19-9-10-5-2-1-3-6-10;1-2-16-11(15)12-9(13)7-5-3-4-6-8(7)10(12)14;;;/h2,4,6-8,10-11,13,20H,3,5,9,12,14-15,30H2,1H3,(H,31,36)(H,33,37)(H,32,34,38);1-5,7-10,18H,6,11-14H2;1-3,5-6,11H,4,7-9,14H2,(H,15,18)(H,16,17);3-6H,2H2,1H3;3*1H2/t20-;18-;11-;;;;/m000..../s1. The Morgan fingerprint density at radius 2 is 1.26 bits per heavy atom. The number of carbonyl (C=O) groups is 12. The van der Waals surface area contributed by atoms with Crippen LogP contribution >= 0.6 is 52.1 Å². The first-order chi connectivity index (χ1) is 50.0. The van der Waals surface area contributed by atoms with Gasteiger partial charge in [0.25, 0.3) is 23.6 Å². The number of ether oxygens (including phenoxy) is 5. The number of cyclic esters (lactones) is 1. The summed E-state index contributed by atoms with van der Waals surface area (Å²) in [5.74, 6) is -4.72. The van der Waals surface area contributed by atoms with Gasteiger partial charge < -0.3 is 61.1 Å². The van der Waals surface area contributed by atoms with Gasteiger partial charge in [0.05, 0.1) is 46.5 Å². The molecular formula is C72H82ClF2N11O18S3. The van der Waals surface area contributed by atoms with Crippen molar-refractivity contribution < 1.29 is 95.1 Å². The van der Waals surface area contributed by atoms with E-state index in [1.807, 2.05) is 60.7 Å². The molecule has 6 aromatic carbocycles. The molecule has 11 amide bonds. The lowest BCUT2D eigenvalue weighted by atomic mass is 10.1. The normalized spacial score (nSPS) is 13.4. The van der Waals surface area contributed by atoms with Crippen molar-refractivity contribution in [3.8, 4) is 0 Å². The molecular weight excluding hydrogens is 1480 g/mol. The molecule has 572 valence electrons. The number of hydrogen-bond acceptors (Lipinski definition) is 20. The zero-order valence-electron chi connectivity index (χ0n) is 58.0. The maximum absolute atomic E-state index is 13.7. The van der Waals surface area contributed by atoms with Crippen LogP contribution in [-0.2, 0) is 57.8 Å². The number of aromatic nitrogens is 1. The number of amides is 11. The van der Waals surface area contributed by atoms with Crippen molar-refractivity contribution in [2.24, 2.45) is 11.5 Å². The fourth-order valence-corrected chi connectivity index (χ4v) is 10.5. The van der Waals surface area contributed by atoms with Crippen molar-refractivity contribution in [3.63, 3.8) is 0 Å². The number of nitrogens with two attached hydrogens (primary N) is 2. The van der Waals surface area contributed by atoms with Crippen LogP contribution in [0.2, 0.25) is 5.02 Å². The summed E-state index contributed by atoms with van der Waals surface area (Å²) < 4.78 is 52.5. The van der Waals surface area contributed by atoms with E-state index in [-0.39, 0.29) is 146 Å². The van der Waals surface area contributed by atoms with Crippen LogP contribution in [-0.4, -0.2) is 173 Å². The molecule has 3 aliphatic rings. The van der Waals surface area contributed by atoms with E-state index in [9.17, 15) is 66.3 Å². The van der Waals surface area contributed by atoms with E-state index in [0.717, 1.165) is 11.1 Å². The van der Waals surface area contributed by atoms with Gasteiger partial charge >= 0.3 is 42.3 Å². The molecule has 7 aromatic rings. The fourth-order valence-electron chi connectivity index (χ4n) is 10.3. The first kappa shape index (κ1) is 88.5. The lowest BCUT2D eigenvalue weighted by Gasteiger charge is -2.28. The molecule has 29 nitrogen and oxygen atoms in total. The lowest BCUT2D eigenvalue weighted by molar-refractivity contribution is -0.140. The Labute approximate surface area is 639 Å². The molecule has 0 unspecified atom stereocenters. The quantitative estimate of drug-likeness (QED) is 0.0121. The van der Waals surface area contributed by atoms with Gasteiger partial charge in [0.1, 0.15) is 49.4 Å². The Balaban J connectivity index is 0.000000316. The van der Waals surface area contributed by atoms with Gasteiger partial charge in [-0.2, -0.15) is 45.4 Å². The molecule has 0 spiro atoms. The number of nitrogens with zero attached hydrogens (tertiary/aromatic N) is 5. The number of urea groups is 1. The molecule has 0 bridgehead atoms. The summed E-state index contributed by atoms with van der Waals surface area (Å²) in [6.07, 6.45) is 0.620. The number of pyridine rings is 1. The van der Waals surface area contributed by atoms with Gasteiger partial charge in [0.15, 0.2) is 6.73 Å². The van der Waals surface area contributed by atoms with Gasteiger partial charge in [0.2, 0.25) is 5.91 Å². The number of carboxylic acids is 1. The molecule has 0 radical (unpaired) electrons. The van der Waals surface area contributed by atoms with Crippen molar-refractivity contribution in [2.75, 3.05) is 58.5 Å². The molecule has 4 heterocycles. The summed E-state index contributed by atoms with van der Waals surface area (Å²) in [6, 6.07) is 38.5. The van der Waals surface area contributed by atoms with Gasteiger partial charge in [-0.15, -0.1) is 0 Å². The molecule has 35 heteroatoms. The first-order valence-corrected chi connectivity index (χ1v) is 32.9. The van der Waals surface area contributed by atoms with Crippen LogP contribution in [0.5, 0.6) is 0 Å². The number of halogens is 3. The van der Waals surface area contributed by atoms with Crippen molar-refractivity contribution in [2.45, 2.75) is 83.3 Å². The highest BCUT2D eigenvalue weighted by molar-refractivity contribution is 7.59. The molecule has 1 saturated heterocycles. The number of aliphatic carboxylic acids is 1. The van der Waals surface area contributed by atoms with Crippen molar-refractivity contribution >= 4 is 141 Å². The third-order valence-corrected chi connectivity index (χ3v) is 16.2. The highest BCUT2D eigenvalue weighted by atomic mass is 35.5. The van der Waals surface area contributed by atoms with Gasteiger partial charge in [-0.05, 0) is 129 Å². The minimum absolute atomic E-state index is 0. The Hall–Kier alpha value is -10.9. The second-order valence-corrected chi connectivity index (χ2v) is 23.3. The van der Waals surface area contributed by atoms with Gasteiger partial charge in [-0.3, -0.25) is 39.1 Å². The van der Waals surface area contributed by atoms with E-state index in [1.54, 1.807) is 55.5 Å². The lowest BCUT2D eigenvalue weighted by Crippen LogP contribution is -2.46. The number of esters is 1. The number of benzene rings is 6. The highest BCUT2D eigenvalue weighted by Gasteiger charge is 2.42. The topological polar surface area (TPSA) is 397 Å². The number of rotatable bonds is 25. The van der Waals surface area contributed by atoms with Gasteiger partial charge in [0, 0.05) is 38.3 Å². The third-order valence-electron chi connectivity index (χ3n) is 15.8. The predicted molar refractivity (Wildman–Crippen MR) is 402 cm³/mol. The highest BCUT2D eigenvalue weighted by Crippen LogP contribution is 2.27. The summed E-state index contributed by atoms with van der Waals surface area (Å²) in [4.78, 5) is 152. The molecule has 3 atom stereocenters. The number of fused-ring (bicyclic) bond motifs is 3. The van der Waals surface area contributed by atoms with Gasteiger partial charge in [-0.25, -0.2) is 47.3 Å². The third kappa shape index (κ3) is 26.0. The van der Waals surface area contributed by atoms with E-state index >= 15 is 0 Å². The number of hydrogen-bond donors (Lipinski definition) is 7. The number of imide groups is 4. The minimum atomic E-state index is -1.09. The summed E-state index contributed by atoms with van der Waals surface area (Å²) in [5, 5.41) is 20.2. The van der Waals surface area contributed by atoms with Crippen LogP contribution < -0.4 is 32.7 Å². The maximum atomic E-state index is 13.7.